The summed E-state index contributed by atoms with van der Waals surface area (Å²) >= 11 is 0. The second-order valence-corrected chi connectivity index (χ2v) is 5.78. The van der Waals surface area contributed by atoms with Gasteiger partial charge in [0.15, 0.2) is 17.3 Å². The van der Waals surface area contributed by atoms with Gasteiger partial charge < -0.3 is 24.8 Å². The summed E-state index contributed by atoms with van der Waals surface area (Å²) in [6.07, 6.45) is 0.251. The molecule has 0 aliphatic carbocycles. The van der Waals surface area contributed by atoms with E-state index in [0.29, 0.717) is 35.0 Å². The van der Waals surface area contributed by atoms with Crippen LogP contribution in [0.15, 0.2) is 36.4 Å². The zero-order chi connectivity index (χ0) is 19.8. The van der Waals surface area contributed by atoms with Crippen LogP contribution in [-0.4, -0.2) is 39.6 Å². The van der Waals surface area contributed by atoms with Gasteiger partial charge in [-0.2, -0.15) is 0 Å². The number of benzene rings is 2. The van der Waals surface area contributed by atoms with Crippen LogP contribution in [0.1, 0.15) is 23.7 Å². The third-order valence-corrected chi connectivity index (χ3v) is 3.90. The summed E-state index contributed by atoms with van der Waals surface area (Å²) in [5.41, 5.74) is 1.90. The van der Waals surface area contributed by atoms with Crippen molar-refractivity contribution in [2.45, 2.75) is 13.3 Å². The van der Waals surface area contributed by atoms with E-state index in [1.54, 1.807) is 57.7 Å². The minimum atomic E-state index is -0.157. The Labute approximate surface area is 158 Å². The molecule has 2 aromatic rings. The number of rotatable bonds is 9. The molecule has 27 heavy (non-hydrogen) atoms. The van der Waals surface area contributed by atoms with Crippen LogP contribution in [0.2, 0.25) is 0 Å². The van der Waals surface area contributed by atoms with Gasteiger partial charge in [0.25, 0.3) is 0 Å². The third kappa shape index (κ3) is 5.37. The minimum Gasteiger partial charge on any atom is -0.493 e. The van der Waals surface area contributed by atoms with Crippen molar-refractivity contribution in [3.05, 3.63) is 42.0 Å². The summed E-state index contributed by atoms with van der Waals surface area (Å²) in [6, 6.07) is 10.4. The molecule has 0 saturated heterocycles. The molecule has 0 aliphatic rings. The Kier molecular flexibility index (Phi) is 7.05. The van der Waals surface area contributed by atoms with E-state index in [4.69, 9.17) is 14.2 Å². The lowest BCUT2D eigenvalue weighted by Crippen LogP contribution is -2.16. The predicted octanol–water partition coefficient (Wildman–Crippen LogP) is 3.36. The average molecular weight is 372 g/mol. The molecule has 7 heteroatoms. The minimum absolute atomic E-state index is 0.0461. The summed E-state index contributed by atoms with van der Waals surface area (Å²) in [4.78, 5) is 23.5. The van der Waals surface area contributed by atoms with E-state index in [0.717, 1.165) is 5.69 Å². The zero-order valence-electron chi connectivity index (χ0n) is 15.9. The highest BCUT2D eigenvalue weighted by molar-refractivity contribution is 5.97. The topological polar surface area (TPSA) is 85.9 Å². The first-order valence-electron chi connectivity index (χ1n) is 8.43. The summed E-state index contributed by atoms with van der Waals surface area (Å²) in [7, 11) is 4.63. The van der Waals surface area contributed by atoms with Crippen LogP contribution >= 0.6 is 0 Å². The van der Waals surface area contributed by atoms with Crippen LogP contribution in [0, 0.1) is 0 Å². The summed E-state index contributed by atoms with van der Waals surface area (Å²) in [5.74, 6) is 1.37. The number of ether oxygens (including phenoxy) is 3. The van der Waals surface area contributed by atoms with Crippen molar-refractivity contribution in [1.29, 1.82) is 0 Å². The molecule has 0 radical (unpaired) electrons. The SMILES string of the molecule is COc1cc(NCCC(=O)Nc2cccc(C(C)=O)c2)cc(OC)c1OC. The van der Waals surface area contributed by atoms with Crippen molar-refractivity contribution in [2.24, 2.45) is 0 Å². The Morgan fingerprint density at radius 2 is 1.59 bits per heavy atom. The van der Waals surface area contributed by atoms with Gasteiger partial charge in [-0.3, -0.25) is 9.59 Å². The van der Waals surface area contributed by atoms with Gasteiger partial charge in [0, 0.05) is 42.0 Å². The number of hydrogen-bond acceptors (Lipinski definition) is 6. The van der Waals surface area contributed by atoms with Crippen LogP contribution in [0.5, 0.6) is 17.2 Å². The van der Waals surface area contributed by atoms with Crippen LogP contribution in [-0.2, 0) is 4.79 Å². The maximum atomic E-state index is 12.1. The highest BCUT2D eigenvalue weighted by atomic mass is 16.5. The molecule has 144 valence electrons. The number of anilines is 2. The molecule has 0 heterocycles. The van der Waals surface area contributed by atoms with E-state index >= 15 is 0 Å². The van der Waals surface area contributed by atoms with Gasteiger partial charge in [0.2, 0.25) is 11.7 Å². The van der Waals surface area contributed by atoms with E-state index in [1.807, 2.05) is 0 Å². The van der Waals surface area contributed by atoms with Crippen molar-refractivity contribution < 1.29 is 23.8 Å². The maximum absolute atomic E-state index is 12.1. The molecule has 0 aliphatic heterocycles. The normalized spacial score (nSPS) is 10.1. The fraction of sp³-hybridized carbons (Fsp3) is 0.300. The van der Waals surface area contributed by atoms with Gasteiger partial charge in [0.05, 0.1) is 21.3 Å². The number of carbonyl (C=O) groups excluding carboxylic acids is 2. The first kappa shape index (κ1) is 20.1. The predicted molar refractivity (Wildman–Crippen MR) is 104 cm³/mol. The summed E-state index contributed by atoms with van der Waals surface area (Å²) < 4.78 is 15.9. The maximum Gasteiger partial charge on any atom is 0.226 e. The largest absolute Gasteiger partial charge is 0.493 e. The Balaban J connectivity index is 1.95. The van der Waals surface area contributed by atoms with Crippen molar-refractivity contribution in [1.82, 2.24) is 0 Å². The van der Waals surface area contributed by atoms with E-state index in [-0.39, 0.29) is 18.1 Å². The molecule has 0 aromatic heterocycles. The lowest BCUT2D eigenvalue weighted by molar-refractivity contribution is -0.115. The molecule has 0 atom stereocenters. The highest BCUT2D eigenvalue weighted by Crippen LogP contribution is 2.39. The molecule has 2 aromatic carbocycles. The van der Waals surface area contributed by atoms with E-state index < -0.39 is 0 Å². The Morgan fingerprint density at radius 3 is 2.15 bits per heavy atom. The smallest absolute Gasteiger partial charge is 0.226 e. The second-order valence-electron chi connectivity index (χ2n) is 5.78. The fourth-order valence-corrected chi connectivity index (χ4v) is 2.54. The molecule has 0 bridgehead atoms. The number of nitrogens with one attached hydrogen (secondary N) is 2. The monoisotopic (exact) mass is 372 g/mol. The Bertz CT molecular complexity index is 795. The fourth-order valence-electron chi connectivity index (χ4n) is 2.54. The first-order valence-corrected chi connectivity index (χ1v) is 8.43. The van der Waals surface area contributed by atoms with Gasteiger partial charge in [-0.25, -0.2) is 0 Å². The van der Waals surface area contributed by atoms with Crippen LogP contribution in [0.3, 0.4) is 0 Å². The molecular weight excluding hydrogens is 348 g/mol. The van der Waals surface area contributed by atoms with Gasteiger partial charge in [-0.05, 0) is 19.1 Å². The zero-order valence-corrected chi connectivity index (χ0v) is 15.9. The molecule has 7 nitrogen and oxygen atoms in total. The average Bonchev–Trinajstić information content (AvgIpc) is 2.67. The molecule has 1 amide bonds. The lowest BCUT2D eigenvalue weighted by atomic mass is 10.1. The number of ketones is 1. The highest BCUT2D eigenvalue weighted by Gasteiger charge is 2.13. The van der Waals surface area contributed by atoms with Gasteiger partial charge in [-0.1, -0.05) is 12.1 Å². The molecule has 0 saturated carbocycles. The number of carbonyl (C=O) groups is 2. The number of methoxy groups -OCH3 is 3. The number of Topliss-reactive ketones (excluding diaryl/α,β-unsaturated/α-hetero) is 1. The number of amides is 1. The van der Waals surface area contributed by atoms with E-state index in [9.17, 15) is 9.59 Å². The molecule has 0 unspecified atom stereocenters. The van der Waals surface area contributed by atoms with Gasteiger partial charge in [-0.15, -0.1) is 0 Å². The molecule has 0 fully saturated rings. The Hall–Kier alpha value is -3.22. The van der Waals surface area contributed by atoms with Crippen molar-refractivity contribution >= 4 is 23.1 Å². The quantitative estimate of drug-likeness (QED) is 0.657. The summed E-state index contributed by atoms with van der Waals surface area (Å²) in [5, 5.41) is 5.95. The first-order chi connectivity index (χ1) is 13.0. The van der Waals surface area contributed by atoms with Gasteiger partial charge >= 0.3 is 0 Å². The Morgan fingerprint density at radius 1 is 0.926 bits per heavy atom. The van der Waals surface area contributed by atoms with Crippen LogP contribution in [0.25, 0.3) is 0 Å². The molecule has 2 N–H and O–H groups in total. The van der Waals surface area contributed by atoms with Crippen molar-refractivity contribution in [3.63, 3.8) is 0 Å². The van der Waals surface area contributed by atoms with Crippen molar-refractivity contribution in [2.75, 3.05) is 38.5 Å². The summed E-state index contributed by atoms with van der Waals surface area (Å²) in [6.45, 7) is 1.90. The van der Waals surface area contributed by atoms with E-state index in [1.165, 1.54) is 6.92 Å². The standard InChI is InChI=1S/C20H24N2O5/c1-13(23)14-6-5-7-15(10-14)22-19(24)8-9-21-16-11-17(25-2)20(27-4)18(12-16)26-3/h5-7,10-12,21H,8-9H2,1-4H3,(H,22,24). The lowest BCUT2D eigenvalue weighted by Gasteiger charge is -2.15. The van der Waals surface area contributed by atoms with Crippen LogP contribution < -0.4 is 24.8 Å². The van der Waals surface area contributed by atoms with E-state index in [2.05, 4.69) is 10.6 Å². The number of hydrogen-bond donors (Lipinski definition) is 2. The van der Waals surface area contributed by atoms with Gasteiger partial charge in [0.1, 0.15) is 0 Å². The molecule has 2 rings (SSSR count). The third-order valence-electron chi connectivity index (χ3n) is 3.90. The van der Waals surface area contributed by atoms with Crippen molar-refractivity contribution in [3.8, 4) is 17.2 Å². The van der Waals surface area contributed by atoms with Crippen LogP contribution in [0.4, 0.5) is 11.4 Å². The molecule has 0 spiro atoms. The molecular formula is C20H24N2O5. The second kappa shape index (κ2) is 9.47.